The molecule has 42 heavy (non-hydrogen) atoms. The highest BCUT2D eigenvalue weighted by Crippen LogP contribution is 2.32. The summed E-state index contributed by atoms with van der Waals surface area (Å²) in [4.78, 5) is 34.9. The summed E-state index contributed by atoms with van der Waals surface area (Å²) in [7, 11) is 0. The number of hydrogen-bond acceptors (Lipinski definition) is 7. The lowest BCUT2D eigenvalue weighted by Gasteiger charge is -2.24. The van der Waals surface area contributed by atoms with Gasteiger partial charge in [-0.2, -0.15) is 31.4 Å². The van der Waals surface area contributed by atoms with E-state index >= 15 is 0 Å². The molecule has 1 aliphatic heterocycles. The third kappa shape index (κ3) is 8.63. The Morgan fingerprint density at radius 3 is 2.19 bits per heavy atom. The van der Waals surface area contributed by atoms with Gasteiger partial charge in [-0.3, -0.25) is 9.89 Å². The van der Waals surface area contributed by atoms with Gasteiger partial charge < -0.3 is 20.3 Å². The number of nitrogens with one attached hydrogen (secondary N) is 2. The molecule has 4 N–H and O–H groups in total. The van der Waals surface area contributed by atoms with Crippen molar-refractivity contribution in [2.75, 3.05) is 11.9 Å². The van der Waals surface area contributed by atoms with Crippen molar-refractivity contribution in [1.29, 1.82) is 0 Å². The fraction of sp³-hybridized carbons (Fsp3) is 0.208. The summed E-state index contributed by atoms with van der Waals surface area (Å²) in [5.74, 6) is -5.77. The lowest BCUT2D eigenvalue weighted by atomic mass is 9.96. The Kier molecular flexibility index (Phi) is 9.71. The first-order valence-electron chi connectivity index (χ1n) is 11.3. The van der Waals surface area contributed by atoms with Gasteiger partial charge in [0.2, 0.25) is 5.91 Å². The van der Waals surface area contributed by atoms with Crippen LogP contribution in [-0.2, 0) is 20.8 Å². The molecule has 4 aromatic rings. The van der Waals surface area contributed by atoms with Gasteiger partial charge in [-0.1, -0.05) is 17.4 Å². The molecule has 2 aromatic carbocycles. The van der Waals surface area contributed by atoms with E-state index in [9.17, 15) is 35.5 Å². The SMILES string of the molecule is O=C(Nc1nc2ccc(-c3cn[nH]c3)cc2s1)C1COc2ccc(F)cc2C1.O=C(O)C(F)(F)F.O=C(O)C(F)(F)F. The minimum atomic E-state index is -5.08. The van der Waals surface area contributed by atoms with Crippen LogP contribution in [0.15, 0.2) is 48.8 Å². The van der Waals surface area contributed by atoms with Crippen molar-refractivity contribution in [2.45, 2.75) is 18.8 Å². The number of H-pyrrole nitrogens is 1. The number of carbonyl (C=O) groups is 3. The zero-order valence-electron chi connectivity index (χ0n) is 20.6. The van der Waals surface area contributed by atoms with Crippen molar-refractivity contribution in [2.24, 2.45) is 5.92 Å². The number of fused-ring (bicyclic) bond motifs is 2. The summed E-state index contributed by atoms with van der Waals surface area (Å²) in [5.41, 5.74) is 3.55. The quantitative estimate of drug-likeness (QED) is 0.225. The van der Waals surface area contributed by atoms with Gasteiger partial charge in [0.05, 0.1) is 22.3 Å². The number of rotatable bonds is 3. The van der Waals surface area contributed by atoms with Gasteiger partial charge in [0.25, 0.3) is 0 Å². The van der Waals surface area contributed by atoms with Gasteiger partial charge in [-0.15, -0.1) is 0 Å². The van der Waals surface area contributed by atoms with Crippen molar-refractivity contribution in [3.05, 3.63) is 60.2 Å². The molecule has 0 fully saturated rings. The number of nitrogens with zero attached hydrogens (tertiary/aromatic N) is 2. The summed E-state index contributed by atoms with van der Waals surface area (Å²) in [5, 5.41) is 24.4. The maximum Gasteiger partial charge on any atom is 0.490 e. The van der Waals surface area contributed by atoms with Crippen LogP contribution in [0.4, 0.5) is 35.9 Å². The number of alkyl halides is 6. The zero-order valence-corrected chi connectivity index (χ0v) is 21.4. The number of hydrogen-bond donors (Lipinski definition) is 4. The lowest BCUT2D eigenvalue weighted by Crippen LogP contribution is -2.32. The number of aromatic amines is 1. The maximum absolute atomic E-state index is 13.5. The molecule has 224 valence electrons. The molecular weight excluding hydrogens is 605 g/mol. The minimum absolute atomic E-state index is 0.177. The zero-order chi connectivity index (χ0) is 31.2. The number of amides is 1. The number of thiazole rings is 1. The predicted octanol–water partition coefficient (Wildman–Crippen LogP) is 5.28. The van der Waals surface area contributed by atoms with Gasteiger partial charge in [0, 0.05) is 11.8 Å². The number of benzene rings is 2. The minimum Gasteiger partial charge on any atom is -0.492 e. The standard InChI is InChI=1S/C20H15FN4O2S.2C2HF3O2/c21-15-2-4-17-12(6-15)5-13(10-27-17)19(26)25-20-24-16-3-1-11(7-18(16)28-20)14-8-22-23-9-14;2*3-2(4,5)1(6)7/h1-4,6-9,13H,5,10H2,(H,22,23)(H,24,25,26);2*(H,6,7). The van der Waals surface area contributed by atoms with Crippen LogP contribution in [0.3, 0.4) is 0 Å². The Bertz CT molecular complexity index is 1550. The van der Waals surface area contributed by atoms with Crippen LogP contribution in [0.1, 0.15) is 5.56 Å². The molecule has 10 nitrogen and oxygen atoms in total. The molecule has 0 aliphatic carbocycles. The molecule has 18 heteroatoms. The van der Waals surface area contributed by atoms with Crippen molar-refractivity contribution in [1.82, 2.24) is 15.2 Å². The Labute approximate surface area is 233 Å². The van der Waals surface area contributed by atoms with Crippen LogP contribution in [0, 0.1) is 11.7 Å². The summed E-state index contributed by atoms with van der Waals surface area (Å²) in [6.45, 7) is 0.264. The topological polar surface area (TPSA) is 154 Å². The second-order valence-electron chi connectivity index (χ2n) is 8.25. The molecule has 1 unspecified atom stereocenters. The molecule has 1 atom stereocenters. The van der Waals surface area contributed by atoms with E-state index in [1.165, 1.54) is 23.5 Å². The van der Waals surface area contributed by atoms with E-state index in [4.69, 9.17) is 24.5 Å². The van der Waals surface area contributed by atoms with Crippen LogP contribution in [0.2, 0.25) is 0 Å². The maximum atomic E-state index is 13.5. The number of carboxylic acids is 2. The first-order valence-corrected chi connectivity index (χ1v) is 12.1. The average Bonchev–Trinajstić information content (AvgIpc) is 3.57. The third-order valence-corrected chi connectivity index (χ3v) is 6.17. The second-order valence-corrected chi connectivity index (χ2v) is 9.28. The van der Waals surface area contributed by atoms with Crippen LogP contribution >= 0.6 is 11.3 Å². The molecule has 0 saturated carbocycles. The van der Waals surface area contributed by atoms with E-state index in [0.29, 0.717) is 22.9 Å². The van der Waals surface area contributed by atoms with E-state index in [1.54, 1.807) is 12.3 Å². The van der Waals surface area contributed by atoms with Gasteiger partial charge in [-0.05, 0) is 47.9 Å². The third-order valence-electron chi connectivity index (χ3n) is 5.23. The molecule has 5 rings (SSSR count). The summed E-state index contributed by atoms with van der Waals surface area (Å²) < 4.78 is 83.5. The fourth-order valence-electron chi connectivity index (χ4n) is 3.31. The summed E-state index contributed by atoms with van der Waals surface area (Å²) in [6, 6.07) is 10.3. The average molecular weight is 622 g/mol. The van der Waals surface area contributed by atoms with Gasteiger partial charge in [0.1, 0.15) is 18.2 Å². The highest BCUT2D eigenvalue weighted by Gasteiger charge is 2.39. The smallest absolute Gasteiger partial charge is 0.490 e. The van der Waals surface area contributed by atoms with Gasteiger partial charge in [0.15, 0.2) is 5.13 Å². The first kappa shape index (κ1) is 31.8. The van der Waals surface area contributed by atoms with E-state index in [2.05, 4.69) is 20.5 Å². The molecule has 0 radical (unpaired) electrons. The van der Waals surface area contributed by atoms with E-state index in [1.807, 2.05) is 24.4 Å². The van der Waals surface area contributed by atoms with E-state index in [0.717, 1.165) is 21.3 Å². The second kappa shape index (κ2) is 12.8. The number of aromatic nitrogens is 3. The van der Waals surface area contributed by atoms with Gasteiger partial charge >= 0.3 is 24.3 Å². The van der Waals surface area contributed by atoms with Crippen LogP contribution in [-0.4, -0.2) is 62.2 Å². The monoisotopic (exact) mass is 622 g/mol. The highest BCUT2D eigenvalue weighted by molar-refractivity contribution is 7.22. The Morgan fingerprint density at radius 1 is 0.976 bits per heavy atom. The number of ether oxygens (including phenoxy) is 1. The molecule has 2 aromatic heterocycles. The van der Waals surface area contributed by atoms with Crippen LogP contribution < -0.4 is 10.1 Å². The summed E-state index contributed by atoms with van der Waals surface area (Å²) >= 11 is 1.41. The summed E-state index contributed by atoms with van der Waals surface area (Å²) in [6.07, 6.45) is -6.14. The molecule has 0 spiro atoms. The first-order chi connectivity index (χ1) is 19.5. The normalized spacial score (nSPS) is 14.3. The largest absolute Gasteiger partial charge is 0.492 e. The molecule has 1 amide bonds. The van der Waals surface area contributed by atoms with Crippen molar-refractivity contribution < 1.29 is 60.1 Å². The lowest BCUT2D eigenvalue weighted by molar-refractivity contribution is -0.193. The number of carbonyl (C=O) groups excluding carboxylic acids is 1. The number of halogens is 7. The fourth-order valence-corrected chi connectivity index (χ4v) is 4.21. The van der Waals surface area contributed by atoms with E-state index in [-0.39, 0.29) is 24.2 Å². The Hall–Kier alpha value is -4.74. The van der Waals surface area contributed by atoms with Crippen molar-refractivity contribution in [3.8, 4) is 16.9 Å². The Morgan fingerprint density at radius 2 is 1.62 bits per heavy atom. The van der Waals surface area contributed by atoms with Gasteiger partial charge in [-0.25, -0.2) is 19.0 Å². The van der Waals surface area contributed by atoms with Crippen LogP contribution in [0.25, 0.3) is 21.3 Å². The number of aliphatic carboxylic acids is 2. The number of carboxylic acid groups (broad SMARTS) is 2. The molecule has 3 heterocycles. The molecule has 0 saturated heterocycles. The van der Waals surface area contributed by atoms with E-state index < -0.39 is 24.3 Å². The highest BCUT2D eigenvalue weighted by atomic mass is 32.1. The molecule has 0 bridgehead atoms. The predicted molar refractivity (Wildman–Crippen MR) is 132 cm³/mol. The van der Waals surface area contributed by atoms with Crippen molar-refractivity contribution >= 4 is 44.5 Å². The van der Waals surface area contributed by atoms with Crippen molar-refractivity contribution in [3.63, 3.8) is 0 Å². The number of anilines is 1. The van der Waals surface area contributed by atoms with Crippen LogP contribution in [0.5, 0.6) is 5.75 Å². The molecular formula is C24H17F7N4O6S. The molecule has 1 aliphatic rings. The Balaban J connectivity index is 0.000000289.